The molecule has 0 radical (unpaired) electrons. The van der Waals surface area contributed by atoms with Crippen molar-refractivity contribution in [2.45, 2.75) is 21.6 Å². The van der Waals surface area contributed by atoms with Gasteiger partial charge in [-0.25, -0.2) is 9.97 Å². The normalized spacial score (nSPS) is 10.9. The summed E-state index contributed by atoms with van der Waals surface area (Å²) in [6.07, 6.45) is 7.05. The number of amides is 1. The van der Waals surface area contributed by atoms with E-state index in [0.29, 0.717) is 27.9 Å². The van der Waals surface area contributed by atoms with E-state index >= 15 is 0 Å². The SMILES string of the molecule is O=C(Nc1ccc(SCc2cccnc2)cc1)c1oc2ccccc2c1CSc1ncccn1. The molecule has 0 saturated heterocycles. The third-order valence-corrected chi connectivity index (χ3v) is 7.02. The van der Waals surface area contributed by atoms with Crippen molar-refractivity contribution in [2.24, 2.45) is 0 Å². The van der Waals surface area contributed by atoms with Gasteiger partial charge in [0.1, 0.15) is 5.58 Å². The average Bonchev–Trinajstić information content (AvgIpc) is 3.27. The minimum absolute atomic E-state index is 0.281. The number of anilines is 1. The number of furan rings is 1. The van der Waals surface area contributed by atoms with Crippen molar-refractivity contribution in [3.05, 3.63) is 108 Å². The van der Waals surface area contributed by atoms with Gasteiger partial charge in [-0.15, -0.1) is 11.8 Å². The fraction of sp³-hybridized carbons (Fsp3) is 0.0769. The molecule has 5 rings (SSSR count). The fourth-order valence-electron chi connectivity index (χ4n) is 3.39. The second-order valence-electron chi connectivity index (χ2n) is 7.35. The topological polar surface area (TPSA) is 80.9 Å². The van der Waals surface area contributed by atoms with Crippen LogP contribution < -0.4 is 5.32 Å². The largest absolute Gasteiger partial charge is 0.451 e. The van der Waals surface area contributed by atoms with Crippen LogP contribution in [-0.4, -0.2) is 20.9 Å². The summed E-state index contributed by atoms with van der Waals surface area (Å²) in [5, 5.41) is 4.53. The molecule has 0 aliphatic rings. The Morgan fingerprint density at radius 2 is 1.68 bits per heavy atom. The molecule has 0 unspecified atom stereocenters. The molecule has 0 aliphatic heterocycles. The Bertz CT molecular complexity index is 1390. The van der Waals surface area contributed by atoms with Gasteiger partial charge in [-0.05, 0) is 48.0 Å². The highest BCUT2D eigenvalue weighted by atomic mass is 32.2. The molecule has 1 amide bonds. The van der Waals surface area contributed by atoms with Crippen LogP contribution >= 0.6 is 23.5 Å². The molecule has 34 heavy (non-hydrogen) atoms. The minimum Gasteiger partial charge on any atom is -0.451 e. The number of benzene rings is 2. The van der Waals surface area contributed by atoms with Gasteiger partial charge < -0.3 is 9.73 Å². The first-order valence-electron chi connectivity index (χ1n) is 10.6. The van der Waals surface area contributed by atoms with E-state index in [4.69, 9.17) is 4.42 Å². The summed E-state index contributed by atoms with van der Waals surface area (Å²) in [5.74, 6) is 1.38. The molecule has 0 atom stereocenters. The van der Waals surface area contributed by atoms with Crippen LogP contribution in [0.5, 0.6) is 0 Å². The Morgan fingerprint density at radius 1 is 0.853 bits per heavy atom. The number of carbonyl (C=O) groups is 1. The lowest BCUT2D eigenvalue weighted by molar-refractivity contribution is 0.0998. The predicted molar refractivity (Wildman–Crippen MR) is 136 cm³/mol. The smallest absolute Gasteiger partial charge is 0.291 e. The standard InChI is InChI=1S/C26H20N4O2S2/c31-25(30-19-8-10-20(11-9-19)33-16-18-5-3-12-27-15-18)24-22(17-34-26-28-13-4-14-29-26)21-6-1-2-7-23(21)32-24/h1-15H,16-17H2,(H,30,31). The Labute approximate surface area is 205 Å². The van der Waals surface area contributed by atoms with Crippen LogP contribution in [0.4, 0.5) is 5.69 Å². The van der Waals surface area contributed by atoms with Gasteiger partial charge in [-0.2, -0.15) is 0 Å². The maximum absolute atomic E-state index is 13.2. The number of thioether (sulfide) groups is 2. The van der Waals surface area contributed by atoms with Crippen LogP contribution in [-0.2, 0) is 11.5 Å². The van der Waals surface area contributed by atoms with E-state index in [0.717, 1.165) is 21.6 Å². The van der Waals surface area contributed by atoms with Crippen molar-refractivity contribution in [1.29, 1.82) is 0 Å². The number of nitrogens with zero attached hydrogens (tertiary/aromatic N) is 3. The van der Waals surface area contributed by atoms with E-state index in [2.05, 4.69) is 26.3 Å². The molecule has 1 N–H and O–H groups in total. The molecule has 0 fully saturated rings. The van der Waals surface area contributed by atoms with E-state index < -0.39 is 0 Å². The average molecular weight is 485 g/mol. The second kappa shape index (κ2) is 10.5. The van der Waals surface area contributed by atoms with Crippen LogP contribution in [0.2, 0.25) is 0 Å². The highest BCUT2D eigenvalue weighted by Gasteiger charge is 2.21. The molecular weight excluding hydrogens is 464 g/mol. The number of pyridine rings is 1. The van der Waals surface area contributed by atoms with Crippen molar-refractivity contribution in [3.8, 4) is 0 Å². The van der Waals surface area contributed by atoms with Crippen LogP contribution in [0.25, 0.3) is 11.0 Å². The number of hydrogen-bond acceptors (Lipinski definition) is 7. The van der Waals surface area contributed by atoms with E-state index in [1.54, 1.807) is 36.4 Å². The van der Waals surface area contributed by atoms with Crippen LogP contribution in [0, 0.1) is 0 Å². The van der Waals surface area contributed by atoms with Crippen LogP contribution in [0.15, 0.2) is 106 Å². The quantitative estimate of drug-likeness (QED) is 0.200. The van der Waals surface area contributed by atoms with E-state index in [-0.39, 0.29) is 5.91 Å². The number of carbonyl (C=O) groups excluding carboxylic acids is 1. The number of rotatable bonds is 8. The highest BCUT2D eigenvalue weighted by Crippen LogP contribution is 2.32. The van der Waals surface area contributed by atoms with Gasteiger partial charge in [0, 0.05) is 57.8 Å². The third-order valence-electron chi connectivity index (χ3n) is 5.03. The summed E-state index contributed by atoms with van der Waals surface area (Å²) in [5.41, 5.74) is 3.39. The minimum atomic E-state index is -0.281. The summed E-state index contributed by atoms with van der Waals surface area (Å²) in [6.45, 7) is 0. The summed E-state index contributed by atoms with van der Waals surface area (Å²) in [4.78, 5) is 26.9. The zero-order valence-electron chi connectivity index (χ0n) is 18.0. The Morgan fingerprint density at radius 3 is 2.47 bits per heavy atom. The monoisotopic (exact) mass is 484 g/mol. The van der Waals surface area contributed by atoms with Crippen molar-refractivity contribution >= 4 is 46.1 Å². The Kier molecular flexibility index (Phi) is 6.88. The molecule has 0 aliphatic carbocycles. The zero-order valence-corrected chi connectivity index (χ0v) is 19.7. The lowest BCUT2D eigenvalue weighted by Crippen LogP contribution is -2.12. The molecule has 8 heteroatoms. The first kappa shape index (κ1) is 22.2. The van der Waals surface area contributed by atoms with Gasteiger partial charge in [0.25, 0.3) is 5.91 Å². The fourth-order valence-corrected chi connectivity index (χ4v) is 5.06. The second-order valence-corrected chi connectivity index (χ2v) is 9.35. The number of nitrogens with one attached hydrogen (secondary N) is 1. The van der Waals surface area contributed by atoms with Gasteiger partial charge in [0.2, 0.25) is 0 Å². The van der Waals surface area contributed by atoms with Crippen LogP contribution in [0.1, 0.15) is 21.7 Å². The molecule has 3 heterocycles. The number of aromatic nitrogens is 3. The number of fused-ring (bicyclic) bond motifs is 1. The first-order valence-corrected chi connectivity index (χ1v) is 12.6. The lowest BCUT2D eigenvalue weighted by atomic mass is 10.1. The molecule has 0 bridgehead atoms. The summed E-state index contributed by atoms with van der Waals surface area (Å²) in [6, 6.07) is 21.2. The summed E-state index contributed by atoms with van der Waals surface area (Å²) in [7, 11) is 0. The Balaban J connectivity index is 1.30. The van der Waals surface area contributed by atoms with E-state index in [1.807, 2.05) is 60.8 Å². The molecule has 5 aromatic rings. The van der Waals surface area contributed by atoms with Gasteiger partial charge in [0.05, 0.1) is 0 Å². The number of para-hydroxylation sites is 1. The van der Waals surface area contributed by atoms with E-state index in [1.165, 1.54) is 17.3 Å². The summed E-state index contributed by atoms with van der Waals surface area (Å²) >= 11 is 3.19. The van der Waals surface area contributed by atoms with Crippen LogP contribution in [0.3, 0.4) is 0 Å². The lowest BCUT2D eigenvalue weighted by Gasteiger charge is -2.07. The zero-order chi connectivity index (χ0) is 23.2. The molecule has 3 aromatic heterocycles. The highest BCUT2D eigenvalue weighted by molar-refractivity contribution is 7.98. The van der Waals surface area contributed by atoms with Gasteiger partial charge >= 0.3 is 0 Å². The third kappa shape index (κ3) is 5.30. The van der Waals surface area contributed by atoms with Gasteiger partial charge in [-0.3, -0.25) is 9.78 Å². The maximum Gasteiger partial charge on any atom is 0.291 e. The van der Waals surface area contributed by atoms with Crippen molar-refractivity contribution in [3.63, 3.8) is 0 Å². The molecule has 168 valence electrons. The van der Waals surface area contributed by atoms with Gasteiger partial charge in [0.15, 0.2) is 10.9 Å². The summed E-state index contributed by atoms with van der Waals surface area (Å²) < 4.78 is 5.96. The first-order chi connectivity index (χ1) is 16.8. The molecule has 0 saturated carbocycles. The molecule has 0 spiro atoms. The Hall–Kier alpha value is -3.62. The molecular formula is C26H20N4O2S2. The maximum atomic E-state index is 13.2. The van der Waals surface area contributed by atoms with Crippen molar-refractivity contribution in [1.82, 2.24) is 15.0 Å². The molecule has 2 aromatic carbocycles. The van der Waals surface area contributed by atoms with Crippen molar-refractivity contribution < 1.29 is 9.21 Å². The predicted octanol–water partition coefficient (Wildman–Crippen LogP) is 6.45. The van der Waals surface area contributed by atoms with Gasteiger partial charge in [-0.1, -0.05) is 36.0 Å². The molecule has 6 nitrogen and oxygen atoms in total. The van der Waals surface area contributed by atoms with E-state index in [9.17, 15) is 4.79 Å². The number of hydrogen-bond donors (Lipinski definition) is 1. The van der Waals surface area contributed by atoms with Crippen molar-refractivity contribution in [2.75, 3.05) is 5.32 Å².